The highest BCUT2D eigenvalue weighted by atomic mass is 19.1. The maximum Gasteiger partial charge on any atom is 0.135 e. The van der Waals surface area contributed by atoms with Crippen molar-refractivity contribution in [2.24, 2.45) is 0 Å². The molecular weight excluding hydrogens is 259 g/mol. The van der Waals surface area contributed by atoms with Crippen LogP contribution in [0.25, 0.3) is 0 Å². The highest BCUT2D eigenvalue weighted by Crippen LogP contribution is 2.19. The average Bonchev–Trinajstić information content (AvgIpc) is 2.96. The van der Waals surface area contributed by atoms with Gasteiger partial charge in [0.15, 0.2) is 0 Å². The Labute approximate surface area is 116 Å². The number of hydrogen-bond acceptors (Lipinski definition) is 3. The number of rotatable bonds is 5. The van der Waals surface area contributed by atoms with Crippen LogP contribution in [0.15, 0.2) is 36.9 Å². The molecule has 4 nitrogen and oxygen atoms in total. The van der Waals surface area contributed by atoms with E-state index >= 15 is 0 Å². The van der Waals surface area contributed by atoms with E-state index in [0.717, 1.165) is 13.0 Å². The number of ether oxygens (including phenoxy) is 1. The van der Waals surface area contributed by atoms with E-state index in [4.69, 9.17) is 9.84 Å². The van der Waals surface area contributed by atoms with Crippen molar-refractivity contribution in [3.8, 4) is 17.6 Å². The summed E-state index contributed by atoms with van der Waals surface area (Å²) in [5, 5.41) is 8.69. The van der Waals surface area contributed by atoms with Gasteiger partial charge in [0.1, 0.15) is 18.2 Å². The van der Waals surface area contributed by atoms with Crippen LogP contribution in [0, 0.1) is 17.7 Å². The molecule has 0 bridgehead atoms. The fraction of sp³-hybridized carbons (Fsp3) is 0.267. The molecule has 1 N–H and O–H groups in total. The molecule has 0 saturated heterocycles. The van der Waals surface area contributed by atoms with Crippen molar-refractivity contribution in [3.63, 3.8) is 0 Å². The fourth-order valence-corrected chi connectivity index (χ4v) is 1.71. The zero-order valence-corrected chi connectivity index (χ0v) is 10.9. The SMILES string of the molecule is OCC#Cc1cc(F)ccc1OCCCn1ccnc1. The van der Waals surface area contributed by atoms with Crippen LogP contribution in [0.5, 0.6) is 5.75 Å². The summed E-state index contributed by atoms with van der Waals surface area (Å²) in [5.41, 5.74) is 0.446. The summed E-state index contributed by atoms with van der Waals surface area (Å²) in [6.45, 7) is 1.03. The smallest absolute Gasteiger partial charge is 0.135 e. The van der Waals surface area contributed by atoms with Gasteiger partial charge in [0.25, 0.3) is 0 Å². The van der Waals surface area contributed by atoms with Gasteiger partial charge in [0.2, 0.25) is 0 Å². The lowest BCUT2D eigenvalue weighted by Gasteiger charge is -2.08. The molecule has 2 aromatic rings. The Balaban J connectivity index is 1.91. The van der Waals surface area contributed by atoms with E-state index in [-0.39, 0.29) is 12.4 Å². The number of aliphatic hydroxyl groups excluding tert-OH is 1. The van der Waals surface area contributed by atoms with Crippen molar-refractivity contribution in [2.75, 3.05) is 13.2 Å². The molecule has 0 amide bonds. The maximum atomic E-state index is 13.2. The first kappa shape index (κ1) is 14.1. The third-order valence-corrected chi connectivity index (χ3v) is 2.62. The molecule has 0 aliphatic rings. The first-order valence-electron chi connectivity index (χ1n) is 6.27. The maximum absolute atomic E-state index is 13.2. The van der Waals surface area contributed by atoms with Crippen LogP contribution in [0.3, 0.4) is 0 Å². The summed E-state index contributed by atoms with van der Waals surface area (Å²) in [7, 11) is 0. The zero-order valence-electron chi connectivity index (χ0n) is 10.9. The number of aryl methyl sites for hydroxylation is 1. The second-order valence-corrected chi connectivity index (χ2v) is 4.10. The Morgan fingerprint density at radius 1 is 1.40 bits per heavy atom. The van der Waals surface area contributed by atoms with Gasteiger partial charge in [0.05, 0.1) is 18.5 Å². The zero-order chi connectivity index (χ0) is 14.2. The van der Waals surface area contributed by atoms with Gasteiger partial charge in [-0.25, -0.2) is 9.37 Å². The molecule has 104 valence electrons. The molecule has 2 rings (SSSR count). The van der Waals surface area contributed by atoms with Gasteiger partial charge in [-0.1, -0.05) is 11.8 Å². The summed E-state index contributed by atoms with van der Waals surface area (Å²) in [6.07, 6.45) is 6.16. The number of aliphatic hydroxyl groups is 1. The Kier molecular flexibility index (Phi) is 5.15. The van der Waals surface area contributed by atoms with E-state index < -0.39 is 0 Å². The first-order chi connectivity index (χ1) is 9.79. The van der Waals surface area contributed by atoms with Crippen molar-refractivity contribution in [1.29, 1.82) is 0 Å². The van der Waals surface area contributed by atoms with Gasteiger partial charge in [-0.3, -0.25) is 0 Å². The predicted octanol–water partition coefficient (Wildman–Crippen LogP) is 1.84. The first-order valence-corrected chi connectivity index (χ1v) is 6.27. The van der Waals surface area contributed by atoms with E-state index in [9.17, 15) is 4.39 Å². The Bertz CT molecular complexity index is 600. The van der Waals surface area contributed by atoms with Crippen molar-refractivity contribution in [1.82, 2.24) is 9.55 Å². The Morgan fingerprint density at radius 2 is 2.30 bits per heavy atom. The van der Waals surface area contributed by atoms with Gasteiger partial charge in [-0.05, 0) is 24.6 Å². The molecule has 0 atom stereocenters. The molecule has 1 aromatic carbocycles. The van der Waals surface area contributed by atoms with E-state index in [1.807, 2.05) is 10.8 Å². The van der Waals surface area contributed by atoms with Gasteiger partial charge in [0, 0.05) is 18.9 Å². The van der Waals surface area contributed by atoms with Gasteiger partial charge in [-0.2, -0.15) is 0 Å². The minimum absolute atomic E-state index is 0.267. The highest BCUT2D eigenvalue weighted by molar-refractivity contribution is 5.46. The van der Waals surface area contributed by atoms with Crippen LogP contribution in [0.1, 0.15) is 12.0 Å². The summed E-state index contributed by atoms with van der Waals surface area (Å²) in [5.74, 6) is 5.32. The Morgan fingerprint density at radius 3 is 3.05 bits per heavy atom. The molecule has 20 heavy (non-hydrogen) atoms. The molecule has 0 aliphatic heterocycles. The van der Waals surface area contributed by atoms with E-state index in [1.165, 1.54) is 12.1 Å². The van der Waals surface area contributed by atoms with Crippen LogP contribution < -0.4 is 4.74 Å². The van der Waals surface area contributed by atoms with E-state index in [0.29, 0.717) is 17.9 Å². The molecule has 5 heteroatoms. The molecule has 1 heterocycles. The van der Waals surface area contributed by atoms with E-state index in [1.54, 1.807) is 18.6 Å². The normalized spacial score (nSPS) is 9.90. The lowest BCUT2D eigenvalue weighted by molar-refractivity contribution is 0.300. The van der Waals surface area contributed by atoms with Crippen LogP contribution in [0.4, 0.5) is 4.39 Å². The fourth-order valence-electron chi connectivity index (χ4n) is 1.71. The summed E-state index contributed by atoms with van der Waals surface area (Å²) in [4.78, 5) is 3.96. The highest BCUT2D eigenvalue weighted by Gasteiger charge is 2.03. The number of benzene rings is 1. The number of halogens is 1. The second kappa shape index (κ2) is 7.31. The summed E-state index contributed by atoms with van der Waals surface area (Å²) < 4.78 is 20.7. The van der Waals surface area contributed by atoms with Crippen LogP contribution in [0.2, 0.25) is 0 Å². The molecule has 0 fully saturated rings. The molecule has 0 unspecified atom stereocenters. The van der Waals surface area contributed by atoms with Gasteiger partial charge in [-0.15, -0.1) is 0 Å². The Hall–Kier alpha value is -2.32. The summed E-state index contributed by atoms with van der Waals surface area (Å²) >= 11 is 0. The molecule has 1 aromatic heterocycles. The topological polar surface area (TPSA) is 47.3 Å². The van der Waals surface area contributed by atoms with E-state index in [2.05, 4.69) is 16.8 Å². The lowest BCUT2D eigenvalue weighted by atomic mass is 10.2. The van der Waals surface area contributed by atoms with Crippen LogP contribution >= 0.6 is 0 Å². The minimum atomic E-state index is -0.377. The molecule has 0 spiro atoms. The second-order valence-electron chi connectivity index (χ2n) is 4.10. The third-order valence-electron chi connectivity index (χ3n) is 2.62. The van der Waals surface area contributed by atoms with Crippen LogP contribution in [-0.2, 0) is 6.54 Å². The van der Waals surface area contributed by atoms with Gasteiger partial charge < -0.3 is 14.4 Å². The molecule has 0 saturated carbocycles. The largest absolute Gasteiger partial charge is 0.492 e. The molecule has 0 aliphatic carbocycles. The third kappa shape index (κ3) is 4.11. The van der Waals surface area contributed by atoms with Crippen molar-refractivity contribution in [3.05, 3.63) is 48.3 Å². The monoisotopic (exact) mass is 274 g/mol. The van der Waals surface area contributed by atoms with Crippen molar-refractivity contribution >= 4 is 0 Å². The minimum Gasteiger partial charge on any atom is -0.492 e. The van der Waals surface area contributed by atoms with Gasteiger partial charge >= 0.3 is 0 Å². The molecule has 0 radical (unpaired) electrons. The van der Waals surface area contributed by atoms with Crippen LogP contribution in [-0.4, -0.2) is 27.9 Å². The summed E-state index contributed by atoms with van der Waals surface area (Å²) in [6, 6.07) is 4.18. The van der Waals surface area contributed by atoms with Crippen molar-refractivity contribution in [2.45, 2.75) is 13.0 Å². The lowest BCUT2D eigenvalue weighted by Crippen LogP contribution is -2.04. The number of aromatic nitrogens is 2. The average molecular weight is 274 g/mol. The number of hydrogen-bond donors (Lipinski definition) is 1. The van der Waals surface area contributed by atoms with Crippen molar-refractivity contribution < 1.29 is 14.2 Å². The number of imidazole rings is 1. The quantitative estimate of drug-likeness (QED) is 0.668. The molecular formula is C15H15FN2O2. The standard InChI is InChI=1S/C15H15FN2O2/c16-14-4-5-15(13(11-14)3-1-9-19)20-10-2-7-18-8-6-17-12-18/h4-6,8,11-12,19H,2,7,9-10H2. The predicted molar refractivity (Wildman–Crippen MR) is 72.7 cm³/mol. The number of nitrogens with zero attached hydrogens (tertiary/aromatic N) is 2.